The normalized spacial score (nSPS) is 13.4. The van der Waals surface area contributed by atoms with E-state index in [4.69, 9.17) is 0 Å². The number of allylic oxidation sites excluding steroid dienone is 1. The lowest BCUT2D eigenvalue weighted by molar-refractivity contribution is -0.110. The highest BCUT2D eigenvalue weighted by Gasteiger charge is 2.52. The van der Waals surface area contributed by atoms with E-state index in [2.05, 4.69) is 0 Å². The fraction of sp³-hybridized carbons (Fsp3) is 0.273. The minimum atomic E-state index is -4.24. The molecule has 0 bridgehead atoms. The average Bonchev–Trinajstić information content (AvgIpc) is 2.13. The number of benzene rings is 1. The van der Waals surface area contributed by atoms with Crippen molar-refractivity contribution in [1.29, 1.82) is 0 Å². The van der Waals surface area contributed by atoms with Gasteiger partial charge in [-0.15, -0.1) is 0 Å². The van der Waals surface area contributed by atoms with Gasteiger partial charge in [0.15, 0.2) is 0 Å². The van der Waals surface area contributed by atoms with Crippen molar-refractivity contribution in [3.63, 3.8) is 0 Å². The molecule has 0 saturated heterocycles. The van der Waals surface area contributed by atoms with Crippen LogP contribution < -0.4 is 0 Å². The molecule has 88 valence electrons. The lowest BCUT2D eigenvalue weighted by Gasteiger charge is -2.17. The van der Waals surface area contributed by atoms with Crippen molar-refractivity contribution < 1.29 is 17.6 Å². The lowest BCUT2D eigenvalue weighted by atomic mass is 10.1. The van der Waals surface area contributed by atoms with Crippen molar-refractivity contribution in [2.24, 2.45) is 0 Å². The van der Waals surface area contributed by atoms with E-state index in [-0.39, 0.29) is 6.08 Å². The van der Waals surface area contributed by atoms with Gasteiger partial charge in [0.2, 0.25) is 0 Å². The molecule has 16 heavy (non-hydrogen) atoms. The standard InChI is InChI=1S/C11H9BrF4/c1-8-3-2-4-9(7-8)5-6-10(13,14)11(12,15)16/h2-7H,1H3/b6-5+. The smallest absolute Gasteiger partial charge is 0.194 e. The third-order valence-electron chi connectivity index (χ3n) is 1.91. The van der Waals surface area contributed by atoms with E-state index in [1.807, 2.05) is 0 Å². The molecule has 0 amide bonds. The summed E-state index contributed by atoms with van der Waals surface area (Å²) in [7, 11) is 0. The number of alkyl halides is 5. The zero-order chi connectivity index (χ0) is 12.4. The minimum Gasteiger partial charge on any atom is -0.194 e. The largest absolute Gasteiger partial charge is 0.367 e. The SMILES string of the molecule is Cc1cccc(/C=C/C(F)(F)C(F)(F)Br)c1. The fourth-order valence-corrected chi connectivity index (χ4v) is 1.20. The van der Waals surface area contributed by atoms with Crippen LogP contribution in [0.1, 0.15) is 11.1 Å². The maximum Gasteiger partial charge on any atom is 0.367 e. The van der Waals surface area contributed by atoms with Crippen molar-refractivity contribution in [2.45, 2.75) is 17.7 Å². The molecular formula is C11H9BrF4. The van der Waals surface area contributed by atoms with E-state index >= 15 is 0 Å². The highest BCUT2D eigenvalue weighted by molar-refractivity contribution is 9.10. The molecule has 1 aromatic carbocycles. The topological polar surface area (TPSA) is 0 Å². The zero-order valence-corrected chi connectivity index (χ0v) is 9.94. The fourth-order valence-electron chi connectivity index (χ4n) is 1.07. The van der Waals surface area contributed by atoms with Crippen molar-refractivity contribution in [3.8, 4) is 0 Å². The molecule has 0 aliphatic heterocycles. The van der Waals surface area contributed by atoms with Gasteiger partial charge in [-0.25, -0.2) is 0 Å². The van der Waals surface area contributed by atoms with Gasteiger partial charge in [-0.1, -0.05) is 35.9 Å². The Bertz CT molecular complexity index is 393. The molecule has 0 aliphatic carbocycles. The summed E-state index contributed by atoms with van der Waals surface area (Å²) in [6.45, 7) is 1.79. The van der Waals surface area contributed by atoms with Gasteiger partial charge in [-0.3, -0.25) is 0 Å². The van der Waals surface area contributed by atoms with Crippen LogP contribution in [0.4, 0.5) is 17.6 Å². The van der Waals surface area contributed by atoms with E-state index in [1.54, 1.807) is 47.1 Å². The Morgan fingerprint density at radius 3 is 2.31 bits per heavy atom. The van der Waals surface area contributed by atoms with Crippen LogP contribution in [0.15, 0.2) is 30.3 Å². The van der Waals surface area contributed by atoms with Gasteiger partial charge in [0.1, 0.15) is 0 Å². The Kier molecular flexibility index (Phi) is 3.78. The number of aryl methyl sites for hydroxylation is 1. The molecule has 0 radical (unpaired) electrons. The number of rotatable bonds is 3. The summed E-state index contributed by atoms with van der Waals surface area (Å²) < 4.78 is 50.5. The van der Waals surface area contributed by atoms with Crippen LogP contribution in [0.25, 0.3) is 6.08 Å². The molecule has 0 aromatic heterocycles. The predicted octanol–water partition coefficient (Wildman–Crippen LogP) is 4.63. The molecule has 0 saturated carbocycles. The minimum absolute atomic E-state index is 0.191. The van der Waals surface area contributed by atoms with Crippen molar-refractivity contribution in [3.05, 3.63) is 41.5 Å². The van der Waals surface area contributed by atoms with E-state index in [0.717, 1.165) is 11.6 Å². The van der Waals surface area contributed by atoms with Crippen molar-refractivity contribution in [1.82, 2.24) is 0 Å². The summed E-state index contributed by atoms with van der Waals surface area (Å²) in [5, 5.41) is 0. The monoisotopic (exact) mass is 296 g/mol. The molecular weight excluding hydrogens is 288 g/mol. The quantitative estimate of drug-likeness (QED) is 0.563. The molecule has 0 heterocycles. The summed E-state index contributed by atoms with van der Waals surface area (Å²) in [6.07, 6.45) is 1.17. The van der Waals surface area contributed by atoms with Crippen LogP contribution in [0.2, 0.25) is 0 Å². The molecule has 0 atom stereocenters. The van der Waals surface area contributed by atoms with Gasteiger partial charge < -0.3 is 0 Å². The Hall–Kier alpha value is -0.840. The summed E-state index contributed by atoms with van der Waals surface area (Å²) >= 11 is 1.65. The van der Waals surface area contributed by atoms with Crippen LogP contribution in [0.5, 0.6) is 0 Å². The third-order valence-corrected chi connectivity index (χ3v) is 2.43. The lowest BCUT2D eigenvalue weighted by Crippen LogP contribution is -2.32. The Labute approximate surface area is 99.1 Å². The maximum atomic E-state index is 12.8. The van der Waals surface area contributed by atoms with Gasteiger partial charge in [0.05, 0.1) is 0 Å². The van der Waals surface area contributed by atoms with Gasteiger partial charge in [0, 0.05) is 0 Å². The summed E-state index contributed by atoms with van der Waals surface area (Å²) in [6, 6.07) is 6.64. The molecule has 0 aliphatic rings. The van der Waals surface area contributed by atoms with Crippen molar-refractivity contribution >= 4 is 22.0 Å². The van der Waals surface area contributed by atoms with Crippen LogP contribution in [0, 0.1) is 6.92 Å². The van der Waals surface area contributed by atoms with Gasteiger partial charge in [0.25, 0.3) is 0 Å². The third kappa shape index (κ3) is 3.33. The molecule has 0 unspecified atom stereocenters. The first-order valence-corrected chi connectivity index (χ1v) is 5.22. The second-order valence-corrected chi connectivity index (χ2v) is 4.36. The number of hydrogen-bond acceptors (Lipinski definition) is 0. The molecule has 0 spiro atoms. The molecule has 1 aromatic rings. The van der Waals surface area contributed by atoms with Gasteiger partial charge in [-0.05, 0) is 34.5 Å². The summed E-state index contributed by atoms with van der Waals surface area (Å²) in [4.78, 5) is -4.24. The Morgan fingerprint density at radius 1 is 1.19 bits per heavy atom. The predicted molar refractivity (Wildman–Crippen MR) is 59.0 cm³/mol. The van der Waals surface area contributed by atoms with Crippen LogP contribution in [-0.4, -0.2) is 10.8 Å². The van der Waals surface area contributed by atoms with E-state index < -0.39 is 10.8 Å². The van der Waals surface area contributed by atoms with Crippen LogP contribution in [0.3, 0.4) is 0 Å². The van der Waals surface area contributed by atoms with Crippen molar-refractivity contribution in [2.75, 3.05) is 0 Å². The van der Waals surface area contributed by atoms with E-state index in [1.165, 1.54) is 0 Å². The molecule has 1 rings (SSSR count). The first-order valence-electron chi connectivity index (χ1n) is 4.43. The molecule has 0 N–H and O–H groups in total. The Morgan fingerprint density at radius 2 is 1.81 bits per heavy atom. The first-order chi connectivity index (χ1) is 7.22. The van der Waals surface area contributed by atoms with Gasteiger partial charge >= 0.3 is 10.8 Å². The summed E-state index contributed by atoms with van der Waals surface area (Å²) in [5.74, 6) is -4.21. The summed E-state index contributed by atoms with van der Waals surface area (Å²) in [5.41, 5.74) is 1.33. The Balaban J connectivity index is 2.89. The molecule has 0 fully saturated rings. The second-order valence-electron chi connectivity index (χ2n) is 3.37. The molecule has 5 heteroatoms. The number of hydrogen-bond donors (Lipinski definition) is 0. The van der Waals surface area contributed by atoms with Crippen LogP contribution >= 0.6 is 15.9 Å². The second kappa shape index (κ2) is 4.57. The van der Waals surface area contributed by atoms with Crippen LogP contribution in [-0.2, 0) is 0 Å². The number of halogens is 5. The highest BCUT2D eigenvalue weighted by atomic mass is 79.9. The van der Waals surface area contributed by atoms with E-state index in [0.29, 0.717) is 5.56 Å². The zero-order valence-electron chi connectivity index (χ0n) is 8.35. The maximum absolute atomic E-state index is 12.8. The van der Waals surface area contributed by atoms with Gasteiger partial charge in [-0.2, -0.15) is 17.6 Å². The van der Waals surface area contributed by atoms with E-state index in [9.17, 15) is 17.6 Å². The highest BCUT2D eigenvalue weighted by Crippen LogP contribution is 2.40. The average molecular weight is 297 g/mol. The molecule has 0 nitrogen and oxygen atoms in total. The first kappa shape index (κ1) is 13.2.